The number of primary amides is 1. The van der Waals surface area contributed by atoms with Gasteiger partial charge in [-0.25, -0.2) is 0 Å². The van der Waals surface area contributed by atoms with Gasteiger partial charge in [-0.2, -0.15) is 0 Å². The molecule has 0 aliphatic heterocycles. The van der Waals surface area contributed by atoms with Crippen molar-refractivity contribution in [3.63, 3.8) is 0 Å². The Bertz CT molecular complexity index is 275. The fourth-order valence-corrected chi connectivity index (χ4v) is 1.24. The number of hydrogen-bond donors (Lipinski definition) is 1. The summed E-state index contributed by atoms with van der Waals surface area (Å²) in [6, 6.07) is 0. The van der Waals surface area contributed by atoms with E-state index in [2.05, 4.69) is 9.68 Å². The first kappa shape index (κ1) is 6.39. The summed E-state index contributed by atoms with van der Waals surface area (Å²) in [5, 5.41) is 3.53. The van der Waals surface area contributed by atoms with Crippen LogP contribution in [0.2, 0.25) is 0 Å². The highest BCUT2D eigenvalue weighted by Gasteiger charge is 2.51. The Morgan fingerprint density at radius 1 is 1.73 bits per heavy atom. The van der Waals surface area contributed by atoms with Crippen molar-refractivity contribution < 1.29 is 9.32 Å². The highest BCUT2D eigenvalue weighted by molar-refractivity contribution is 5.89. The minimum absolute atomic E-state index is 0.277. The standard InChI is InChI=1S/C7H8N2O2/c8-6(10)7(1-2-7)5-3-9-11-4-5/h3-4H,1-2H2,(H2,8,10). The fraction of sp³-hybridized carbons (Fsp3) is 0.429. The Hall–Kier alpha value is -1.32. The molecule has 1 heterocycles. The molecule has 4 nitrogen and oxygen atoms in total. The number of amides is 1. The highest BCUT2D eigenvalue weighted by Crippen LogP contribution is 2.47. The van der Waals surface area contributed by atoms with Crippen LogP contribution in [0.4, 0.5) is 0 Å². The van der Waals surface area contributed by atoms with Crippen LogP contribution in [0, 0.1) is 0 Å². The average Bonchev–Trinajstić information content (AvgIpc) is 2.61. The molecule has 1 amide bonds. The van der Waals surface area contributed by atoms with E-state index in [1.54, 1.807) is 6.20 Å². The Labute approximate surface area is 63.4 Å². The zero-order valence-electron chi connectivity index (χ0n) is 5.91. The van der Waals surface area contributed by atoms with Crippen molar-refractivity contribution in [2.24, 2.45) is 5.73 Å². The molecular formula is C7H8N2O2. The third-order valence-electron chi connectivity index (χ3n) is 2.21. The van der Waals surface area contributed by atoms with Crippen LogP contribution in [0.3, 0.4) is 0 Å². The van der Waals surface area contributed by atoms with Crippen molar-refractivity contribution in [2.45, 2.75) is 18.3 Å². The van der Waals surface area contributed by atoms with Crippen LogP contribution in [0.5, 0.6) is 0 Å². The molecule has 1 fully saturated rings. The first-order valence-electron chi connectivity index (χ1n) is 3.45. The number of hydrogen-bond acceptors (Lipinski definition) is 3. The molecule has 0 aromatic carbocycles. The third-order valence-corrected chi connectivity index (χ3v) is 2.21. The maximum Gasteiger partial charge on any atom is 0.228 e. The SMILES string of the molecule is NC(=O)C1(c2cnoc2)CC1. The predicted molar refractivity (Wildman–Crippen MR) is 36.6 cm³/mol. The van der Waals surface area contributed by atoms with Crippen molar-refractivity contribution in [1.82, 2.24) is 5.16 Å². The largest absolute Gasteiger partial charge is 0.369 e. The summed E-state index contributed by atoms with van der Waals surface area (Å²) >= 11 is 0. The first-order valence-corrected chi connectivity index (χ1v) is 3.45. The topological polar surface area (TPSA) is 69.1 Å². The number of aromatic nitrogens is 1. The van der Waals surface area contributed by atoms with Gasteiger partial charge in [-0.15, -0.1) is 0 Å². The second-order valence-corrected chi connectivity index (χ2v) is 2.86. The highest BCUT2D eigenvalue weighted by atomic mass is 16.5. The molecule has 2 rings (SSSR count). The molecule has 0 radical (unpaired) electrons. The average molecular weight is 152 g/mol. The second-order valence-electron chi connectivity index (χ2n) is 2.86. The summed E-state index contributed by atoms with van der Waals surface area (Å²) < 4.78 is 4.63. The van der Waals surface area contributed by atoms with Crippen LogP contribution in [0.1, 0.15) is 18.4 Å². The molecule has 11 heavy (non-hydrogen) atoms. The number of carbonyl (C=O) groups is 1. The molecule has 0 atom stereocenters. The van der Waals surface area contributed by atoms with Gasteiger partial charge in [0.2, 0.25) is 5.91 Å². The Kier molecular flexibility index (Phi) is 1.07. The molecule has 4 heteroatoms. The monoisotopic (exact) mass is 152 g/mol. The Morgan fingerprint density at radius 2 is 2.45 bits per heavy atom. The van der Waals surface area contributed by atoms with Gasteiger partial charge >= 0.3 is 0 Å². The number of nitrogens with two attached hydrogens (primary N) is 1. The maximum atomic E-state index is 10.9. The van der Waals surface area contributed by atoms with E-state index in [0.29, 0.717) is 0 Å². The summed E-state index contributed by atoms with van der Waals surface area (Å²) in [5.41, 5.74) is 5.58. The van der Waals surface area contributed by atoms with Gasteiger partial charge in [-0.3, -0.25) is 4.79 Å². The third kappa shape index (κ3) is 0.753. The molecule has 1 aliphatic rings. The quantitative estimate of drug-likeness (QED) is 0.657. The Balaban J connectivity index is 2.36. The summed E-state index contributed by atoms with van der Waals surface area (Å²) in [6.45, 7) is 0. The minimum atomic E-state index is -0.444. The van der Waals surface area contributed by atoms with E-state index in [1.165, 1.54) is 6.26 Å². The molecule has 1 saturated carbocycles. The molecule has 0 unspecified atom stereocenters. The van der Waals surface area contributed by atoms with E-state index < -0.39 is 5.41 Å². The molecule has 1 aromatic rings. The summed E-state index contributed by atoms with van der Waals surface area (Å²) in [4.78, 5) is 10.9. The van der Waals surface area contributed by atoms with Gasteiger partial charge in [0.05, 0.1) is 11.6 Å². The van der Waals surface area contributed by atoms with Crippen molar-refractivity contribution in [3.8, 4) is 0 Å². The molecule has 1 aliphatic carbocycles. The lowest BCUT2D eigenvalue weighted by Gasteiger charge is -2.04. The zero-order chi connectivity index (χ0) is 7.90. The fourth-order valence-electron chi connectivity index (χ4n) is 1.24. The number of carbonyl (C=O) groups excluding carboxylic acids is 1. The molecule has 0 bridgehead atoms. The van der Waals surface area contributed by atoms with Gasteiger partial charge in [0.15, 0.2) is 0 Å². The lowest BCUT2D eigenvalue weighted by Crippen LogP contribution is -2.27. The minimum Gasteiger partial charge on any atom is -0.369 e. The molecule has 2 N–H and O–H groups in total. The van der Waals surface area contributed by atoms with Gasteiger partial charge < -0.3 is 10.3 Å². The Morgan fingerprint density at radius 3 is 2.82 bits per heavy atom. The first-order chi connectivity index (χ1) is 5.26. The predicted octanol–water partition coefficient (Wildman–Crippen LogP) is 0.191. The van der Waals surface area contributed by atoms with Crippen molar-refractivity contribution in [3.05, 3.63) is 18.0 Å². The van der Waals surface area contributed by atoms with Gasteiger partial charge in [0.1, 0.15) is 6.26 Å². The maximum absolute atomic E-state index is 10.9. The van der Waals surface area contributed by atoms with E-state index in [-0.39, 0.29) is 5.91 Å². The van der Waals surface area contributed by atoms with E-state index in [9.17, 15) is 4.79 Å². The van der Waals surface area contributed by atoms with E-state index in [0.717, 1.165) is 18.4 Å². The zero-order valence-corrected chi connectivity index (χ0v) is 5.91. The normalized spacial score (nSPS) is 19.6. The van der Waals surface area contributed by atoms with E-state index in [4.69, 9.17) is 5.73 Å². The van der Waals surface area contributed by atoms with Gasteiger partial charge in [-0.05, 0) is 12.8 Å². The lowest BCUT2D eigenvalue weighted by molar-refractivity contribution is -0.120. The lowest BCUT2D eigenvalue weighted by atomic mass is 9.99. The van der Waals surface area contributed by atoms with Crippen molar-refractivity contribution in [2.75, 3.05) is 0 Å². The molecule has 0 spiro atoms. The number of nitrogens with zero attached hydrogens (tertiary/aromatic N) is 1. The van der Waals surface area contributed by atoms with Crippen molar-refractivity contribution >= 4 is 5.91 Å². The van der Waals surface area contributed by atoms with Crippen LogP contribution in [-0.4, -0.2) is 11.1 Å². The molecule has 58 valence electrons. The van der Waals surface area contributed by atoms with Crippen LogP contribution in [-0.2, 0) is 10.2 Å². The molecular weight excluding hydrogens is 144 g/mol. The second kappa shape index (κ2) is 1.84. The summed E-state index contributed by atoms with van der Waals surface area (Å²) in [7, 11) is 0. The van der Waals surface area contributed by atoms with Gasteiger partial charge in [0, 0.05) is 5.56 Å². The van der Waals surface area contributed by atoms with Crippen LogP contribution in [0.15, 0.2) is 17.0 Å². The van der Waals surface area contributed by atoms with Crippen LogP contribution in [0.25, 0.3) is 0 Å². The van der Waals surface area contributed by atoms with E-state index in [1.807, 2.05) is 0 Å². The number of rotatable bonds is 2. The van der Waals surface area contributed by atoms with Gasteiger partial charge in [0.25, 0.3) is 0 Å². The molecule has 1 aromatic heterocycles. The smallest absolute Gasteiger partial charge is 0.228 e. The van der Waals surface area contributed by atoms with Crippen LogP contribution >= 0.6 is 0 Å². The molecule has 0 saturated heterocycles. The van der Waals surface area contributed by atoms with Gasteiger partial charge in [-0.1, -0.05) is 5.16 Å². The van der Waals surface area contributed by atoms with Crippen molar-refractivity contribution in [1.29, 1.82) is 0 Å². The summed E-state index contributed by atoms with van der Waals surface area (Å²) in [5.74, 6) is -0.277. The van der Waals surface area contributed by atoms with Crippen LogP contribution < -0.4 is 5.73 Å². The van der Waals surface area contributed by atoms with E-state index >= 15 is 0 Å². The summed E-state index contributed by atoms with van der Waals surface area (Å²) in [6.07, 6.45) is 4.68.